The lowest BCUT2D eigenvalue weighted by atomic mass is 10.2. The number of benzene rings is 1. The Bertz CT molecular complexity index is 633. The molecule has 2 N–H and O–H groups in total. The maximum absolute atomic E-state index is 12.8. The fourth-order valence-electron chi connectivity index (χ4n) is 2.34. The summed E-state index contributed by atoms with van der Waals surface area (Å²) in [5.41, 5.74) is 9.05. The van der Waals surface area contributed by atoms with Crippen molar-refractivity contribution in [2.24, 2.45) is 12.8 Å². The molecule has 0 spiro atoms. The third-order valence-electron chi connectivity index (χ3n) is 3.37. The summed E-state index contributed by atoms with van der Waals surface area (Å²) in [6.07, 6.45) is 0.760. The first-order chi connectivity index (χ1) is 10.0. The highest BCUT2D eigenvalue weighted by molar-refractivity contribution is 6.05. The average molecular weight is 286 g/mol. The molecular formula is C16H22N4O. The maximum Gasteiger partial charge on any atom is 0.276 e. The van der Waals surface area contributed by atoms with Crippen LogP contribution < -0.4 is 10.6 Å². The predicted octanol–water partition coefficient (Wildman–Crippen LogP) is 2.03. The molecule has 1 aromatic heterocycles. The monoisotopic (exact) mass is 286 g/mol. The van der Waals surface area contributed by atoms with Crippen molar-refractivity contribution in [3.05, 3.63) is 47.3 Å². The standard InChI is InChI=1S/C16H22N4O/c1-12-6-4-7-14(10-12)20(9-5-8-17)16(21)15-11-13(2)18-19(15)3/h4,6-7,10-11H,5,8-9,17H2,1-3H3. The summed E-state index contributed by atoms with van der Waals surface area (Å²) in [6, 6.07) is 9.75. The van der Waals surface area contributed by atoms with Crippen LogP contribution in [0.5, 0.6) is 0 Å². The normalized spacial score (nSPS) is 10.7. The number of carbonyl (C=O) groups is 1. The molecule has 1 aromatic carbocycles. The van der Waals surface area contributed by atoms with Crippen molar-refractivity contribution in [3.8, 4) is 0 Å². The first-order valence-electron chi connectivity index (χ1n) is 7.12. The Morgan fingerprint density at radius 1 is 1.33 bits per heavy atom. The highest BCUT2D eigenvalue weighted by Gasteiger charge is 2.20. The Balaban J connectivity index is 2.35. The van der Waals surface area contributed by atoms with E-state index in [1.807, 2.05) is 44.2 Å². The summed E-state index contributed by atoms with van der Waals surface area (Å²) in [4.78, 5) is 14.6. The molecule has 0 unspecified atom stereocenters. The van der Waals surface area contributed by atoms with E-state index in [9.17, 15) is 4.79 Å². The van der Waals surface area contributed by atoms with Crippen LogP contribution in [0.4, 0.5) is 5.69 Å². The van der Waals surface area contributed by atoms with E-state index in [-0.39, 0.29) is 5.91 Å². The molecule has 21 heavy (non-hydrogen) atoms. The lowest BCUT2D eigenvalue weighted by Gasteiger charge is -2.23. The van der Waals surface area contributed by atoms with E-state index < -0.39 is 0 Å². The summed E-state index contributed by atoms with van der Waals surface area (Å²) in [5, 5.41) is 4.25. The molecule has 2 rings (SSSR count). The van der Waals surface area contributed by atoms with Gasteiger partial charge in [-0.25, -0.2) is 0 Å². The van der Waals surface area contributed by atoms with Gasteiger partial charge in [0.15, 0.2) is 0 Å². The van der Waals surface area contributed by atoms with Gasteiger partial charge in [0.25, 0.3) is 5.91 Å². The zero-order chi connectivity index (χ0) is 15.4. The molecule has 0 aliphatic carbocycles. The van der Waals surface area contributed by atoms with E-state index in [0.29, 0.717) is 18.8 Å². The van der Waals surface area contributed by atoms with Gasteiger partial charge < -0.3 is 10.6 Å². The van der Waals surface area contributed by atoms with Crippen molar-refractivity contribution < 1.29 is 4.79 Å². The Morgan fingerprint density at radius 3 is 2.67 bits per heavy atom. The first-order valence-corrected chi connectivity index (χ1v) is 7.12. The van der Waals surface area contributed by atoms with Crippen LogP contribution in [0.3, 0.4) is 0 Å². The van der Waals surface area contributed by atoms with Gasteiger partial charge in [0.1, 0.15) is 5.69 Å². The number of nitrogens with two attached hydrogens (primary N) is 1. The molecule has 112 valence electrons. The minimum Gasteiger partial charge on any atom is -0.330 e. The Labute approximate surface area is 125 Å². The van der Waals surface area contributed by atoms with Crippen molar-refractivity contribution in [3.63, 3.8) is 0 Å². The van der Waals surface area contributed by atoms with Crippen molar-refractivity contribution in [2.45, 2.75) is 20.3 Å². The number of aromatic nitrogens is 2. The first kappa shape index (κ1) is 15.3. The van der Waals surface area contributed by atoms with Gasteiger partial charge in [-0.05, 0) is 50.6 Å². The van der Waals surface area contributed by atoms with Gasteiger partial charge >= 0.3 is 0 Å². The summed E-state index contributed by atoms with van der Waals surface area (Å²) >= 11 is 0. The van der Waals surface area contributed by atoms with Crippen molar-refractivity contribution in [1.29, 1.82) is 0 Å². The Kier molecular flexibility index (Phi) is 4.75. The molecule has 5 heteroatoms. The molecule has 5 nitrogen and oxygen atoms in total. The topological polar surface area (TPSA) is 64.2 Å². The van der Waals surface area contributed by atoms with Gasteiger partial charge in [0, 0.05) is 19.3 Å². The maximum atomic E-state index is 12.8. The van der Waals surface area contributed by atoms with Crippen molar-refractivity contribution >= 4 is 11.6 Å². The van der Waals surface area contributed by atoms with E-state index in [1.54, 1.807) is 16.6 Å². The molecule has 0 bridgehead atoms. The number of carbonyl (C=O) groups excluding carboxylic acids is 1. The number of rotatable bonds is 5. The van der Waals surface area contributed by atoms with Crippen molar-refractivity contribution in [1.82, 2.24) is 9.78 Å². The molecule has 0 saturated heterocycles. The number of nitrogens with zero attached hydrogens (tertiary/aromatic N) is 3. The Morgan fingerprint density at radius 2 is 2.10 bits per heavy atom. The third-order valence-corrected chi connectivity index (χ3v) is 3.37. The SMILES string of the molecule is Cc1cccc(N(CCCN)C(=O)c2cc(C)nn2C)c1. The van der Waals surface area contributed by atoms with E-state index in [2.05, 4.69) is 5.10 Å². The van der Waals surface area contributed by atoms with Crippen LogP contribution in [0.25, 0.3) is 0 Å². The molecule has 1 amide bonds. The smallest absolute Gasteiger partial charge is 0.276 e. The number of anilines is 1. The van der Waals surface area contributed by atoms with Crippen LogP contribution in [0.1, 0.15) is 28.2 Å². The molecule has 2 aromatic rings. The molecule has 0 radical (unpaired) electrons. The van der Waals surface area contributed by atoms with Crippen LogP contribution in [-0.4, -0.2) is 28.8 Å². The van der Waals surface area contributed by atoms with E-state index in [0.717, 1.165) is 23.4 Å². The fourth-order valence-corrected chi connectivity index (χ4v) is 2.34. The second-order valence-corrected chi connectivity index (χ2v) is 5.23. The highest BCUT2D eigenvalue weighted by atomic mass is 16.2. The number of hydrogen-bond donors (Lipinski definition) is 1. The van der Waals surface area contributed by atoms with Crippen LogP contribution in [0.15, 0.2) is 30.3 Å². The third kappa shape index (κ3) is 3.49. The zero-order valence-electron chi connectivity index (χ0n) is 12.8. The lowest BCUT2D eigenvalue weighted by molar-refractivity contribution is 0.0978. The molecule has 0 saturated carbocycles. The van der Waals surface area contributed by atoms with Gasteiger partial charge in [0.2, 0.25) is 0 Å². The quantitative estimate of drug-likeness (QED) is 0.914. The zero-order valence-corrected chi connectivity index (χ0v) is 12.8. The van der Waals surface area contributed by atoms with E-state index in [4.69, 9.17) is 5.73 Å². The summed E-state index contributed by atoms with van der Waals surface area (Å²) in [6.45, 7) is 5.06. The fraction of sp³-hybridized carbons (Fsp3) is 0.375. The van der Waals surface area contributed by atoms with Crippen molar-refractivity contribution in [2.75, 3.05) is 18.0 Å². The van der Waals surface area contributed by atoms with Gasteiger partial charge in [-0.15, -0.1) is 0 Å². The van der Waals surface area contributed by atoms with Gasteiger partial charge in [0.05, 0.1) is 5.69 Å². The summed E-state index contributed by atoms with van der Waals surface area (Å²) in [5.74, 6) is -0.0443. The van der Waals surface area contributed by atoms with E-state index in [1.165, 1.54) is 0 Å². The highest BCUT2D eigenvalue weighted by Crippen LogP contribution is 2.19. The number of hydrogen-bond acceptors (Lipinski definition) is 3. The molecule has 0 atom stereocenters. The number of amides is 1. The number of aryl methyl sites for hydroxylation is 3. The van der Waals surface area contributed by atoms with Crippen LogP contribution in [-0.2, 0) is 7.05 Å². The minimum absolute atomic E-state index is 0.0443. The summed E-state index contributed by atoms with van der Waals surface area (Å²) < 4.78 is 1.63. The average Bonchev–Trinajstić information content (AvgIpc) is 2.78. The molecule has 0 fully saturated rings. The predicted molar refractivity (Wildman–Crippen MR) is 84.5 cm³/mol. The van der Waals surface area contributed by atoms with Gasteiger partial charge in [-0.2, -0.15) is 5.10 Å². The van der Waals surface area contributed by atoms with Crippen LogP contribution in [0, 0.1) is 13.8 Å². The van der Waals surface area contributed by atoms with Gasteiger partial charge in [-0.3, -0.25) is 9.48 Å². The van der Waals surface area contributed by atoms with Gasteiger partial charge in [-0.1, -0.05) is 12.1 Å². The second kappa shape index (κ2) is 6.54. The minimum atomic E-state index is -0.0443. The molecule has 1 heterocycles. The molecule has 0 aliphatic heterocycles. The lowest BCUT2D eigenvalue weighted by Crippen LogP contribution is -2.34. The van der Waals surface area contributed by atoms with E-state index >= 15 is 0 Å². The van der Waals surface area contributed by atoms with Crippen LogP contribution >= 0.6 is 0 Å². The second-order valence-electron chi connectivity index (χ2n) is 5.23. The Hall–Kier alpha value is -2.14. The molecule has 0 aliphatic rings. The summed E-state index contributed by atoms with van der Waals surface area (Å²) in [7, 11) is 1.79. The molecular weight excluding hydrogens is 264 g/mol. The van der Waals surface area contributed by atoms with Crippen LogP contribution in [0.2, 0.25) is 0 Å². The largest absolute Gasteiger partial charge is 0.330 e.